The summed E-state index contributed by atoms with van der Waals surface area (Å²) in [5.41, 5.74) is 1.20. The zero-order chi connectivity index (χ0) is 14.0. The average Bonchev–Trinajstić information content (AvgIpc) is 2.30. The van der Waals surface area contributed by atoms with Crippen molar-refractivity contribution in [3.8, 4) is 0 Å². The number of aromatic nitrogens is 2. The maximum absolute atomic E-state index is 11.3. The summed E-state index contributed by atoms with van der Waals surface area (Å²) in [5.74, 6) is -0.127. The van der Waals surface area contributed by atoms with Crippen molar-refractivity contribution in [2.75, 3.05) is 5.32 Å². The van der Waals surface area contributed by atoms with E-state index < -0.39 is 5.97 Å². The van der Waals surface area contributed by atoms with Crippen molar-refractivity contribution in [3.63, 3.8) is 0 Å². The first-order valence-electron chi connectivity index (χ1n) is 5.64. The van der Waals surface area contributed by atoms with E-state index in [-0.39, 0.29) is 11.1 Å². The van der Waals surface area contributed by atoms with E-state index in [0.717, 1.165) is 0 Å². The third kappa shape index (κ3) is 2.98. The van der Waals surface area contributed by atoms with Crippen LogP contribution in [-0.2, 0) is 0 Å². The van der Waals surface area contributed by atoms with Crippen LogP contribution in [0.5, 0.6) is 0 Å². The van der Waals surface area contributed by atoms with Crippen molar-refractivity contribution in [1.82, 2.24) is 9.97 Å². The van der Waals surface area contributed by atoms with Gasteiger partial charge in [-0.1, -0.05) is 6.07 Å². The van der Waals surface area contributed by atoms with E-state index in [4.69, 9.17) is 5.11 Å². The number of anilines is 2. The smallest absolute Gasteiger partial charge is 0.336 e. The fourth-order valence-corrected chi connectivity index (χ4v) is 1.72. The molecule has 1 aromatic heterocycles. The molecule has 0 radical (unpaired) electrons. The van der Waals surface area contributed by atoms with Gasteiger partial charge in [0.25, 0.3) is 5.56 Å². The predicted octanol–water partition coefficient (Wildman–Crippen LogP) is 1.83. The molecule has 6 nitrogen and oxygen atoms in total. The lowest BCUT2D eigenvalue weighted by atomic mass is 10.1. The molecule has 0 saturated heterocycles. The second-order valence-corrected chi connectivity index (χ2v) is 4.18. The third-order valence-corrected chi connectivity index (χ3v) is 2.60. The molecule has 0 unspecified atom stereocenters. The van der Waals surface area contributed by atoms with Crippen LogP contribution in [0.15, 0.2) is 29.1 Å². The van der Waals surface area contributed by atoms with Gasteiger partial charge in [-0.25, -0.2) is 9.78 Å². The Bertz CT molecular complexity index is 692. The summed E-state index contributed by atoms with van der Waals surface area (Å²) in [6.07, 6.45) is 0. The number of rotatable bonds is 3. The van der Waals surface area contributed by atoms with Gasteiger partial charge >= 0.3 is 5.97 Å². The van der Waals surface area contributed by atoms with Crippen LogP contribution in [0.1, 0.15) is 21.7 Å². The molecule has 1 aromatic carbocycles. The number of nitrogens with one attached hydrogen (secondary N) is 2. The van der Waals surface area contributed by atoms with Crippen molar-refractivity contribution < 1.29 is 9.90 Å². The Morgan fingerprint density at radius 1 is 1.32 bits per heavy atom. The minimum Gasteiger partial charge on any atom is -0.478 e. The fourth-order valence-electron chi connectivity index (χ4n) is 1.72. The SMILES string of the molecule is Cc1nc(Nc2ccc(C)c(C(=O)O)c2)cc(=O)[nH]1. The van der Waals surface area contributed by atoms with E-state index in [1.807, 2.05) is 0 Å². The quantitative estimate of drug-likeness (QED) is 0.781. The normalized spacial score (nSPS) is 10.2. The molecule has 0 aliphatic heterocycles. The summed E-state index contributed by atoms with van der Waals surface area (Å²) in [6.45, 7) is 3.40. The molecule has 2 aromatic rings. The lowest BCUT2D eigenvalue weighted by Crippen LogP contribution is -2.10. The molecular weight excluding hydrogens is 246 g/mol. The molecule has 0 atom stereocenters. The molecule has 0 aliphatic carbocycles. The Balaban J connectivity index is 2.36. The number of H-pyrrole nitrogens is 1. The molecule has 0 saturated carbocycles. The number of nitrogens with zero attached hydrogens (tertiary/aromatic N) is 1. The number of hydrogen-bond acceptors (Lipinski definition) is 4. The molecule has 0 fully saturated rings. The number of benzene rings is 1. The second kappa shape index (κ2) is 4.93. The van der Waals surface area contributed by atoms with Crippen LogP contribution in [0.3, 0.4) is 0 Å². The molecule has 2 rings (SSSR count). The van der Waals surface area contributed by atoms with Crippen LogP contribution < -0.4 is 10.9 Å². The van der Waals surface area contributed by atoms with Crippen molar-refractivity contribution in [2.45, 2.75) is 13.8 Å². The highest BCUT2D eigenvalue weighted by Crippen LogP contribution is 2.18. The van der Waals surface area contributed by atoms with Crippen LogP contribution in [0.25, 0.3) is 0 Å². The van der Waals surface area contributed by atoms with E-state index in [0.29, 0.717) is 22.9 Å². The number of hydrogen-bond donors (Lipinski definition) is 3. The highest BCUT2D eigenvalue weighted by Gasteiger charge is 2.08. The Kier molecular flexibility index (Phi) is 3.33. The van der Waals surface area contributed by atoms with Gasteiger partial charge in [0.1, 0.15) is 11.6 Å². The van der Waals surface area contributed by atoms with Gasteiger partial charge < -0.3 is 15.4 Å². The zero-order valence-electron chi connectivity index (χ0n) is 10.5. The summed E-state index contributed by atoms with van der Waals surface area (Å²) in [4.78, 5) is 29.0. The first-order chi connectivity index (χ1) is 8.95. The number of aryl methyl sites for hydroxylation is 2. The lowest BCUT2D eigenvalue weighted by molar-refractivity contribution is 0.0696. The minimum absolute atomic E-state index is 0.214. The molecule has 6 heteroatoms. The number of aromatic amines is 1. The zero-order valence-corrected chi connectivity index (χ0v) is 10.5. The molecule has 0 spiro atoms. The van der Waals surface area contributed by atoms with E-state index >= 15 is 0 Å². The molecule has 0 aliphatic rings. The fraction of sp³-hybridized carbons (Fsp3) is 0.154. The van der Waals surface area contributed by atoms with Crippen LogP contribution in [0, 0.1) is 13.8 Å². The molecule has 0 bridgehead atoms. The Hall–Kier alpha value is -2.63. The van der Waals surface area contributed by atoms with E-state index in [1.54, 1.807) is 26.0 Å². The van der Waals surface area contributed by atoms with Crippen LogP contribution in [-0.4, -0.2) is 21.0 Å². The third-order valence-electron chi connectivity index (χ3n) is 2.60. The summed E-state index contributed by atoms with van der Waals surface area (Å²) in [5, 5.41) is 12.0. The maximum atomic E-state index is 11.3. The monoisotopic (exact) mass is 259 g/mol. The maximum Gasteiger partial charge on any atom is 0.336 e. The molecule has 1 heterocycles. The number of carbonyl (C=O) groups is 1. The minimum atomic E-state index is -0.990. The Labute approximate surface area is 109 Å². The standard InChI is InChI=1S/C13H13N3O3/c1-7-3-4-9(5-10(7)13(18)19)16-11-6-12(17)15-8(2)14-11/h3-6H,1-2H3,(H,18,19)(H2,14,15,16,17). The lowest BCUT2D eigenvalue weighted by Gasteiger charge is -2.08. The largest absolute Gasteiger partial charge is 0.478 e. The summed E-state index contributed by atoms with van der Waals surface area (Å²) >= 11 is 0. The van der Waals surface area contributed by atoms with Gasteiger partial charge in [-0.2, -0.15) is 0 Å². The molecular formula is C13H13N3O3. The Morgan fingerprint density at radius 2 is 2.05 bits per heavy atom. The van der Waals surface area contributed by atoms with Crippen LogP contribution >= 0.6 is 0 Å². The molecule has 98 valence electrons. The van der Waals surface area contributed by atoms with Gasteiger partial charge in [-0.15, -0.1) is 0 Å². The second-order valence-electron chi connectivity index (χ2n) is 4.18. The summed E-state index contributed by atoms with van der Waals surface area (Å²) in [6, 6.07) is 6.26. The first-order valence-corrected chi connectivity index (χ1v) is 5.64. The van der Waals surface area contributed by atoms with Crippen molar-refractivity contribution >= 4 is 17.5 Å². The highest BCUT2D eigenvalue weighted by molar-refractivity contribution is 5.90. The van der Waals surface area contributed by atoms with Gasteiger partial charge in [0, 0.05) is 11.8 Å². The van der Waals surface area contributed by atoms with E-state index in [1.165, 1.54) is 12.1 Å². The average molecular weight is 259 g/mol. The van der Waals surface area contributed by atoms with Crippen molar-refractivity contribution in [3.05, 3.63) is 51.6 Å². The summed E-state index contributed by atoms with van der Waals surface area (Å²) < 4.78 is 0. The van der Waals surface area contributed by atoms with Gasteiger partial charge in [-0.05, 0) is 31.5 Å². The summed E-state index contributed by atoms with van der Waals surface area (Å²) in [7, 11) is 0. The predicted molar refractivity (Wildman–Crippen MR) is 71.0 cm³/mol. The van der Waals surface area contributed by atoms with Gasteiger partial charge in [0.15, 0.2) is 0 Å². The topological polar surface area (TPSA) is 95.1 Å². The first kappa shape index (κ1) is 12.8. The van der Waals surface area contributed by atoms with Gasteiger partial charge in [0.05, 0.1) is 5.56 Å². The van der Waals surface area contributed by atoms with Gasteiger partial charge in [-0.3, -0.25) is 4.79 Å². The number of carboxylic acid groups (broad SMARTS) is 1. The molecule has 0 amide bonds. The van der Waals surface area contributed by atoms with Crippen LogP contribution in [0.4, 0.5) is 11.5 Å². The number of carboxylic acids is 1. The van der Waals surface area contributed by atoms with E-state index in [9.17, 15) is 9.59 Å². The molecule has 3 N–H and O–H groups in total. The van der Waals surface area contributed by atoms with Crippen molar-refractivity contribution in [1.29, 1.82) is 0 Å². The Morgan fingerprint density at radius 3 is 2.68 bits per heavy atom. The highest BCUT2D eigenvalue weighted by atomic mass is 16.4. The number of aromatic carboxylic acids is 1. The van der Waals surface area contributed by atoms with Crippen LogP contribution in [0.2, 0.25) is 0 Å². The van der Waals surface area contributed by atoms with Gasteiger partial charge in [0.2, 0.25) is 0 Å². The van der Waals surface area contributed by atoms with Crippen molar-refractivity contribution in [2.24, 2.45) is 0 Å². The van der Waals surface area contributed by atoms with E-state index in [2.05, 4.69) is 15.3 Å². The molecule has 19 heavy (non-hydrogen) atoms.